The zero-order chi connectivity index (χ0) is 26.4. The summed E-state index contributed by atoms with van der Waals surface area (Å²) < 4.78 is 90.1. The van der Waals surface area contributed by atoms with Gasteiger partial charge in [0.1, 0.15) is 6.61 Å². The van der Waals surface area contributed by atoms with E-state index >= 15 is 0 Å². The molecule has 1 aliphatic rings. The van der Waals surface area contributed by atoms with Crippen LogP contribution < -0.4 is 14.8 Å². The minimum Gasteiger partial charge on any atom is -0.493 e. The maximum Gasteiger partial charge on any atom is 0.416 e. The van der Waals surface area contributed by atoms with Crippen LogP contribution in [0.3, 0.4) is 0 Å². The molecule has 2 N–H and O–H groups in total. The smallest absolute Gasteiger partial charge is 0.416 e. The fourth-order valence-electron chi connectivity index (χ4n) is 4.71. The second-order valence-corrected chi connectivity index (χ2v) is 8.81. The Kier molecular flexibility index (Phi) is 6.31. The van der Waals surface area contributed by atoms with E-state index in [1.165, 1.54) is 12.7 Å². The molecule has 10 heteroatoms. The molecule has 5 rings (SSSR count). The summed E-state index contributed by atoms with van der Waals surface area (Å²) in [4.78, 5) is 3.48. The third-order valence-corrected chi connectivity index (χ3v) is 6.42. The Bertz CT molecular complexity index is 1410. The first-order valence-electron chi connectivity index (χ1n) is 11.5. The molecule has 1 atom stereocenters. The van der Waals surface area contributed by atoms with E-state index in [9.17, 15) is 26.3 Å². The largest absolute Gasteiger partial charge is 0.493 e. The standard InChI is InChI=1S/C27H22F6N2O2/c1-36-23-12-16(24-25-20(8-9-34-24)19-4-2-3-5-21(19)35-25)6-7-22(23)37-14-15-10-17(26(28,29)30)13-18(11-15)27(31,32)33/h2-7,10-13,24,34-35H,8-9,14H2,1H3. The summed E-state index contributed by atoms with van der Waals surface area (Å²) in [7, 11) is 1.42. The highest BCUT2D eigenvalue weighted by Crippen LogP contribution is 2.39. The first-order valence-corrected chi connectivity index (χ1v) is 11.5. The van der Waals surface area contributed by atoms with Crippen LogP contribution in [0, 0.1) is 0 Å². The van der Waals surface area contributed by atoms with Gasteiger partial charge in [0.05, 0.1) is 24.3 Å². The molecule has 1 aliphatic heterocycles. The van der Waals surface area contributed by atoms with Gasteiger partial charge < -0.3 is 19.8 Å². The first-order chi connectivity index (χ1) is 17.5. The fraction of sp³-hybridized carbons (Fsp3) is 0.259. The van der Waals surface area contributed by atoms with Crippen molar-refractivity contribution in [1.29, 1.82) is 0 Å². The Morgan fingerprint density at radius 3 is 2.24 bits per heavy atom. The zero-order valence-electron chi connectivity index (χ0n) is 19.6. The molecule has 3 aromatic carbocycles. The van der Waals surface area contributed by atoms with E-state index in [0.717, 1.165) is 35.1 Å². The first kappa shape index (κ1) is 25.0. The van der Waals surface area contributed by atoms with Crippen molar-refractivity contribution in [3.05, 3.63) is 94.2 Å². The number of nitrogens with one attached hydrogen (secondary N) is 2. The number of hydrogen-bond acceptors (Lipinski definition) is 3. The van der Waals surface area contributed by atoms with Crippen LogP contribution in [-0.2, 0) is 25.4 Å². The molecule has 0 aliphatic carbocycles. The number of fused-ring (bicyclic) bond motifs is 3. The SMILES string of the molecule is COc1cc(C2NCCc3c2[nH]c2ccccc32)ccc1OCc1cc(C(F)(F)F)cc(C(F)(F)F)c1. The summed E-state index contributed by atoms with van der Waals surface area (Å²) in [6, 6.07) is 14.4. The lowest BCUT2D eigenvalue weighted by Gasteiger charge is -2.25. The molecule has 37 heavy (non-hydrogen) atoms. The molecule has 0 spiro atoms. The van der Waals surface area contributed by atoms with Gasteiger partial charge >= 0.3 is 12.4 Å². The summed E-state index contributed by atoms with van der Waals surface area (Å²) in [5.41, 5.74) is 1.13. The Morgan fingerprint density at radius 2 is 1.57 bits per heavy atom. The lowest BCUT2D eigenvalue weighted by molar-refractivity contribution is -0.143. The van der Waals surface area contributed by atoms with Crippen LogP contribution in [0.15, 0.2) is 60.7 Å². The van der Waals surface area contributed by atoms with E-state index in [1.54, 1.807) is 18.2 Å². The second-order valence-electron chi connectivity index (χ2n) is 8.81. The number of para-hydroxylation sites is 1. The molecule has 4 aromatic rings. The van der Waals surface area contributed by atoms with Crippen molar-refractivity contribution >= 4 is 10.9 Å². The summed E-state index contributed by atoms with van der Waals surface area (Å²) in [5.74, 6) is 0.510. The maximum atomic E-state index is 13.2. The van der Waals surface area contributed by atoms with E-state index in [2.05, 4.69) is 16.4 Å². The van der Waals surface area contributed by atoms with Gasteiger partial charge in [-0.05, 0) is 59.5 Å². The molecule has 2 heterocycles. The van der Waals surface area contributed by atoms with Crippen molar-refractivity contribution < 1.29 is 35.8 Å². The summed E-state index contributed by atoms with van der Waals surface area (Å²) >= 11 is 0. The predicted molar refractivity (Wildman–Crippen MR) is 126 cm³/mol. The number of methoxy groups -OCH3 is 1. The number of rotatable bonds is 5. The van der Waals surface area contributed by atoms with E-state index in [4.69, 9.17) is 9.47 Å². The number of H-pyrrole nitrogens is 1. The van der Waals surface area contributed by atoms with Gasteiger partial charge in [0.25, 0.3) is 0 Å². The molecular formula is C27H22F6N2O2. The van der Waals surface area contributed by atoms with Crippen LogP contribution in [0.25, 0.3) is 10.9 Å². The van der Waals surface area contributed by atoms with Gasteiger partial charge in [-0.2, -0.15) is 26.3 Å². The molecule has 0 fully saturated rings. The highest BCUT2D eigenvalue weighted by Gasteiger charge is 2.37. The van der Waals surface area contributed by atoms with Crippen molar-refractivity contribution in [3.63, 3.8) is 0 Å². The molecule has 0 radical (unpaired) electrons. The summed E-state index contributed by atoms with van der Waals surface area (Å²) in [5, 5.41) is 4.64. The number of aromatic nitrogens is 1. The average molecular weight is 520 g/mol. The van der Waals surface area contributed by atoms with Crippen LogP contribution in [-0.4, -0.2) is 18.6 Å². The fourth-order valence-corrected chi connectivity index (χ4v) is 4.71. The minimum absolute atomic E-state index is 0.0916. The number of hydrogen-bond donors (Lipinski definition) is 2. The lowest BCUT2D eigenvalue weighted by atomic mass is 9.94. The molecule has 4 nitrogen and oxygen atoms in total. The van der Waals surface area contributed by atoms with E-state index in [-0.39, 0.29) is 23.4 Å². The quantitative estimate of drug-likeness (QED) is 0.278. The van der Waals surface area contributed by atoms with Gasteiger partial charge in [-0.1, -0.05) is 24.3 Å². The highest BCUT2D eigenvalue weighted by molar-refractivity contribution is 5.85. The minimum atomic E-state index is -4.93. The molecule has 0 bridgehead atoms. The van der Waals surface area contributed by atoms with Gasteiger partial charge in [-0.3, -0.25) is 0 Å². The second kappa shape index (κ2) is 9.33. The molecule has 0 saturated carbocycles. The number of alkyl halides is 6. The molecule has 1 aromatic heterocycles. The highest BCUT2D eigenvalue weighted by atomic mass is 19.4. The number of aromatic amines is 1. The van der Waals surface area contributed by atoms with E-state index in [0.29, 0.717) is 17.9 Å². The Labute approximate surface area is 208 Å². The third-order valence-electron chi connectivity index (χ3n) is 6.42. The van der Waals surface area contributed by atoms with Gasteiger partial charge in [-0.15, -0.1) is 0 Å². The van der Waals surface area contributed by atoms with Gasteiger partial charge in [-0.25, -0.2) is 0 Å². The third kappa shape index (κ3) is 4.98. The van der Waals surface area contributed by atoms with E-state index in [1.807, 2.05) is 18.2 Å². The Balaban J connectivity index is 1.42. The molecule has 194 valence electrons. The van der Waals surface area contributed by atoms with Crippen molar-refractivity contribution in [1.82, 2.24) is 10.3 Å². The van der Waals surface area contributed by atoms with Crippen LogP contribution in [0.5, 0.6) is 11.5 Å². The molecular weight excluding hydrogens is 498 g/mol. The van der Waals surface area contributed by atoms with Crippen LogP contribution >= 0.6 is 0 Å². The van der Waals surface area contributed by atoms with Gasteiger partial charge in [0, 0.05) is 23.1 Å². The average Bonchev–Trinajstić information content (AvgIpc) is 3.25. The van der Waals surface area contributed by atoms with Crippen LogP contribution in [0.1, 0.15) is 39.6 Å². The Hall–Kier alpha value is -3.66. The van der Waals surface area contributed by atoms with Crippen molar-refractivity contribution in [2.45, 2.75) is 31.4 Å². The summed E-state index contributed by atoms with van der Waals surface area (Å²) in [6.45, 7) is 0.258. The number of ether oxygens (including phenoxy) is 2. The van der Waals surface area contributed by atoms with Crippen LogP contribution in [0.4, 0.5) is 26.3 Å². The molecule has 0 amide bonds. The zero-order valence-corrected chi connectivity index (χ0v) is 19.6. The molecule has 1 unspecified atom stereocenters. The lowest BCUT2D eigenvalue weighted by Crippen LogP contribution is -2.30. The Morgan fingerprint density at radius 1 is 0.865 bits per heavy atom. The van der Waals surface area contributed by atoms with Crippen molar-refractivity contribution in [3.8, 4) is 11.5 Å². The van der Waals surface area contributed by atoms with Crippen LogP contribution in [0.2, 0.25) is 0 Å². The monoisotopic (exact) mass is 520 g/mol. The van der Waals surface area contributed by atoms with Crippen molar-refractivity contribution in [2.75, 3.05) is 13.7 Å². The topological polar surface area (TPSA) is 46.3 Å². The normalized spacial score (nSPS) is 16.0. The van der Waals surface area contributed by atoms with Crippen molar-refractivity contribution in [2.24, 2.45) is 0 Å². The molecule has 0 saturated heterocycles. The number of benzene rings is 3. The maximum absolute atomic E-state index is 13.2. The predicted octanol–water partition coefficient (Wildman–Crippen LogP) is 7.03. The summed E-state index contributed by atoms with van der Waals surface area (Å²) in [6.07, 6.45) is -8.99. The number of halogens is 6. The van der Waals surface area contributed by atoms with Gasteiger partial charge in [0.15, 0.2) is 11.5 Å². The van der Waals surface area contributed by atoms with Gasteiger partial charge in [0.2, 0.25) is 0 Å². The van der Waals surface area contributed by atoms with E-state index < -0.39 is 30.1 Å².